The largest absolute Gasteiger partial charge is 0.573 e. The predicted molar refractivity (Wildman–Crippen MR) is 110 cm³/mol. The second-order valence-corrected chi connectivity index (χ2v) is 7.40. The molecule has 0 radical (unpaired) electrons. The van der Waals surface area contributed by atoms with E-state index in [-0.39, 0.29) is 34.0 Å². The Labute approximate surface area is 194 Å². The van der Waals surface area contributed by atoms with Crippen molar-refractivity contribution < 1.29 is 45.3 Å². The molecule has 1 aromatic heterocycles. The van der Waals surface area contributed by atoms with Crippen LogP contribution in [0.15, 0.2) is 30.3 Å². The molecule has 0 aliphatic heterocycles. The van der Waals surface area contributed by atoms with Crippen LogP contribution in [0, 0.1) is 13.8 Å². The van der Waals surface area contributed by atoms with Crippen molar-refractivity contribution in [2.75, 3.05) is 0 Å². The van der Waals surface area contributed by atoms with Crippen molar-refractivity contribution in [2.24, 2.45) is 0 Å². The summed E-state index contributed by atoms with van der Waals surface area (Å²) >= 11 is 5.78. The molecule has 0 bridgehead atoms. The van der Waals surface area contributed by atoms with Gasteiger partial charge < -0.3 is 14.2 Å². The number of benzene rings is 2. The molecule has 0 N–H and O–H groups in total. The van der Waals surface area contributed by atoms with E-state index in [9.17, 15) is 31.1 Å². The van der Waals surface area contributed by atoms with Crippen LogP contribution in [0.4, 0.5) is 26.3 Å². The maximum absolute atomic E-state index is 14.2. The number of aryl methyl sites for hydroxylation is 1. The fourth-order valence-electron chi connectivity index (χ4n) is 3.23. The molecule has 0 aliphatic rings. The molecule has 0 saturated carbocycles. The lowest BCUT2D eigenvalue weighted by molar-refractivity contribution is -0.274. The van der Waals surface area contributed by atoms with Gasteiger partial charge in [-0.3, -0.25) is 9.78 Å². The van der Waals surface area contributed by atoms with E-state index in [1.807, 2.05) is 0 Å². The Kier molecular flexibility index (Phi) is 6.88. The van der Waals surface area contributed by atoms with Gasteiger partial charge in [0, 0.05) is 23.7 Å². The number of nitrogens with zero attached hydrogens (tertiary/aromatic N) is 1. The average Bonchev–Trinajstić information content (AvgIpc) is 2.70. The zero-order valence-corrected chi connectivity index (χ0v) is 18.6. The zero-order valence-electron chi connectivity index (χ0n) is 17.8. The fraction of sp³-hybridized carbons (Fsp3) is 0.273. The first kappa shape index (κ1) is 25.4. The second-order valence-electron chi connectivity index (χ2n) is 7.13. The SMILES string of the molecule is CC(=O)Oc1c(C)c(C)nc2ccc(Oc3ccc(OC(F)(F)F)cc3CCl)c(C(F)(F)F)c12. The first-order valence-electron chi connectivity index (χ1n) is 9.53. The Morgan fingerprint density at radius 3 is 2.24 bits per heavy atom. The molecule has 0 aliphatic carbocycles. The van der Waals surface area contributed by atoms with E-state index >= 15 is 0 Å². The normalized spacial score (nSPS) is 12.1. The van der Waals surface area contributed by atoms with Crippen molar-refractivity contribution in [1.29, 1.82) is 0 Å². The number of esters is 1. The molecule has 0 unspecified atom stereocenters. The van der Waals surface area contributed by atoms with Gasteiger partial charge in [-0.1, -0.05) is 0 Å². The fourth-order valence-corrected chi connectivity index (χ4v) is 3.43. The predicted octanol–water partition coefficient (Wildman–Crippen LogP) is 7.23. The van der Waals surface area contributed by atoms with Gasteiger partial charge in [-0.25, -0.2) is 0 Å². The van der Waals surface area contributed by atoms with Crippen LogP contribution in [-0.4, -0.2) is 17.3 Å². The van der Waals surface area contributed by atoms with Crippen molar-refractivity contribution in [3.05, 3.63) is 52.7 Å². The molecule has 0 saturated heterocycles. The molecule has 34 heavy (non-hydrogen) atoms. The molecule has 2 aromatic carbocycles. The summed E-state index contributed by atoms with van der Waals surface area (Å²) in [5.41, 5.74) is -0.829. The van der Waals surface area contributed by atoms with Crippen LogP contribution in [0.3, 0.4) is 0 Å². The number of pyridine rings is 1. The summed E-state index contributed by atoms with van der Waals surface area (Å²) in [4.78, 5) is 15.8. The maximum atomic E-state index is 14.2. The summed E-state index contributed by atoms with van der Waals surface area (Å²) in [5, 5.41) is -0.493. The molecule has 5 nitrogen and oxygen atoms in total. The van der Waals surface area contributed by atoms with Crippen LogP contribution < -0.4 is 14.2 Å². The van der Waals surface area contributed by atoms with Gasteiger partial charge in [-0.05, 0) is 44.2 Å². The maximum Gasteiger partial charge on any atom is 0.573 e. The van der Waals surface area contributed by atoms with Crippen molar-refractivity contribution in [3.63, 3.8) is 0 Å². The number of fused-ring (bicyclic) bond motifs is 1. The summed E-state index contributed by atoms with van der Waals surface area (Å²) in [6, 6.07) is 5.06. The molecule has 0 atom stereocenters. The van der Waals surface area contributed by atoms with Crippen LogP contribution in [-0.2, 0) is 16.9 Å². The van der Waals surface area contributed by atoms with Crippen LogP contribution in [0.2, 0.25) is 0 Å². The minimum atomic E-state index is -4.98. The van der Waals surface area contributed by atoms with E-state index in [4.69, 9.17) is 21.1 Å². The molecule has 3 aromatic rings. The Morgan fingerprint density at radius 2 is 1.68 bits per heavy atom. The number of alkyl halides is 7. The third-order valence-electron chi connectivity index (χ3n) is 4.70. The standard InChI is InChI=1S/C22H16ClF6NO4/c1-10-11(2)30-15-5-7-17(19(21(24,25)26)18(15)20(10)32-12(3)31)33-16-6-4-14(8-13(16)9-23)34-22(27,28)29/h4-8H,9H2,1-3H3. The summed E-state index contributed by atoms with van der Waals surface area (Å²) < 4.78 is 94.6. The average molecular weight is 508 g/mol. The molecule has 12 heteroatoms. The summed E-state index contributed by atoms with van der Waals surface area (Å²) in [6.45, 7) is 4.06. The summed E-state index contributed by atoms with van der Waals surface area (Å²) in [5.74, 6) is -3.05. The van der Waals surface area contributed by atoms with Gasteiger partial charge in [0.2, 0.25) is 0 Å². The first-order chi connectivity index (χ1) is 15.7. The lowest BCUT2D eigenvalue weighted by atomic mass is 10.0. The zero-order chi connectivity index (χ0) is 25.4. The lowest BCUT2D eigenvalue weighted by Crippen LogP contribution is -2.17. The molecule has 0 amide bonds. The van der Waals surface area contributed by atoms with Crippen molar-refractivity contribution in [2.45, 2.75) is 39.2 Å². The molecule has 1 heterocycles. The number of aromatic nitrogens is 1. The van der Waals surface area contributed by atoms with E-state index < -0.39 is 41.0 Å². The van der Waals surface area contributed by atoms with Gasteiger partial charge in [0.15, 0.2) is 0 Å². The van der Waals surface area contributed by atoms with E-state index in [1.54, 1.807) is 6.92 Å². The van der Waals surface area contributed by atoms with Gasteiger partial charge in [-0.15, -0.1) is 24.8 Å². The molecule has 182 valence electrons. The molecular formula is C22H16ClF6NO4. The second kappa shape index (κ2) is 9.21. The Balaban J connectivity index is 2.22. The van der Waals surface area contributed by atoms with E-state index in [0.29, 0.717) is 5.69 Å². The number of halogens is 7. The number of hydrogen-bond donors (Lipinski definition) is 0. The highest BCUT2D eigenvalue weighted by molar-refractivity contribution is 6.17. The van der Waals surface area contributed by atoms with Crippen LogP contribution in [0.25, 0.3) is 10.9 Å². The number of rotatable bonds is 5. The highest BCUT2D eigenvalue weighted by Crippen LogP contribution is 2.47. The molecule has 3 rings (SSSR count). The lowest BCUT2D eigenvalue weighted by Gasteiger charge is -2.20. The summed E-state index contributed by atoms with van der Waals surface area (Å²) in [7, 11) is 0. The first-order valence-corrected chi connectivity index (χ1v) is 10.1. The smallest absolute Gasteiger partial charge is 0.456 e. The van der Waals surface area contributed by atoms with Crippen LogP contribution in [0.5, 0.6) is 23.0 Å². The minimum Gasteiger partial charge on any atom is -0.456 e. The van der Waals surface area contributed by atoms with E-state index in [1.165, 1.54) is 13.0 Å². The molecule has 0 spiro atoms. The van der Waals surface area contributed by atoms with Gasteiger partial charge in [0.05, 0.1) is 16.8 Å². The van der Waals surface area contributed by atoms with Gasteiger partial charge in [0.1, 0.15) is 28.6 Å². The highest BCUT2D eigenvalue weighted by atomic mass is 35.5. The number of carbonyl (C=O) groups is 1. The van der Waals surface area contributed by atoms with Crippen molar-refractivity contribution >= 4 is 28.5 Å². The van der Waals surface area contributed by atoms with E-state index in [0.717, 1.165) is 31.2 Å². The molecule has 0 fully saturated rings. The van der Waals surface area contributed by atoms with Gasteiger partial charge in [0.25, 0.3) is 0 Å². The number of carbonyl (C=O) groups excluding carboxylic acids is 1. The van der Waals surface area contributed by atoms with Crippen molar-refractivity contribution in [1.82, 2.24) is 4.98 Å². The van der Waals surface area contributed by atoms with Gasteiger partial charge >= 0.3 is 18.5 Å². The minimum absolute atomic E-state index is 0.0462. The third-order valence-corrected chi connectivity index (χ3v) is 4.99. The number of hydrogen-bond acceptors (Lipinski definition) is 5. The Hall–Kier alpha value is -3.21. The third kappa shape index (κ3) is 5.46. The quantitative estimate of drug-likeness (QED) is 0.207. The summed E-state index contributed by atoms with van der Waals surface area (Å²) in [6.07, 6.45) is -9.95. The monoisotopic (exact) mass is 507 g/mol. The van der Waals surface area contributed by atoms with E-state index in [2.05, 4.69) is 9.72 Å². The topological polar surface area (TPSA) is 57.7 Å². The number of ether oxygens (including phenoxy) is 3. The Bertz CT molecular complexity index is 1260. The van der Waals surface area contributed by atoms with Crippen LogP contribution in [0.1, 0.15) is 29.3 Å². The highest BCUT2D eigenvalue weighted by Gasteiger charge is 2.39. The van der Waals surface area contributed by atoms with Crippen LogP contribution >= 0.6 is 11.6 Å². The van der Waals surface area contributed by atoms with Gasteiger partial charge in [-0.2, -0.15) is 13.2 Å². The Morgan fingerprint density at radius 1 is 1.03 bits per heavy atom. The van der Waals surface area contributed by atoms with Crippen molar-refractivity contribution in [3.8, 4) is 23.0 Å². The molecular weight excluding hydrogens is 492 g/mol.